The van der Waals surface area contributed by atoms with E-state index in [0.717, 1.165) is 10.3 Å². The Bertz CT molecular complexity index is 606. The highest BCUT2D eigenvalue weighted by atomic mass is 16.5. The molecular formula is C15H13NO3. The molecule has 4 nitrogen and oxygen atoms in total. The van der Waals surface area contributed by atoms with E-state index in [9.17, 15) is 10.0 Å². The number of benzene rings is 2. The third-order valence-electron chi connectivity index (χ3n) is 2.66. The lowest BCUT2D eigenvalue weighted by atomic mass is 10.1. The molecule has 19 heavy (non-hydrogen) atoms. The van der Waals surface area contributed by atoms with Gasteiger partial charge in [-0.25, -0.2) is 9.53 Å². The molecule has 0 spiro atoms. The van der Waals surface area contributed by atoms with Crippen LogP contribution in [0.2, 0.25) is 0 Å². The molecule has 0 saturated carbocycles. The summed E-state index contributed by atoms with van der Waals surface area (Å²) in [6.45, 7) is 0.189. The van der Waals surface area contributed by atoms with Gasteiger partial charge in [0.05, 0.1) is 11.1 Å². The molecule has 2 rings (SSSR count). The van der Waals surface area contributed by atoms with Gasteiger partial charge in [0.2, 0.25) is 0 Å². The van der Waals surface area contributed by atoms with Crippen molar-refractivity contribution in [3.63, 3.8) is 0 Å². The number of carbonyl (C=O) groups is 1. The van der Waals surface area contributed by atoms with Crippen LogP contribution in [0.3, 0.4) is 0 Å². The first-order valence-corrected chi connectivity index (χ1v) is 5.81. The lowest BCUT2D eigenvalue weighted by molar-refractivity contribution is -0.469. The van der Waals surface area contributed by atoms with Crippen LogP contribution in [-0.2, 0) is 6.54 Å². The zero-order valence-electron chi connectivity index (χ0n) is 10.2. The zero-order chi connectivity index (χ0) is 13.7. The molecule has 0 heterocycles. The molecule has 0 saturated heterocycles. The van der Waals surface area contributed by atoms with Gasteiger partial charge in [-0.2, -0.15) is 0 Å². The Labute approximate surface area is 110 Å². The minimum Gasteiger partial charge on any atom is -0.624 e. The normalized spacial score (nSPS) is 11.3. The number of rotatable bonds is 4. The molecule has 4 heteroatoms. The van der Waals surface area contributed by atoms with Crippen molar-refractivity contribution < 1.29 is 14.6 Å². The molecule has 0 unspecified atom stereocenters. The van der Waals surface area contributed by atoms with Gasteiger partial charge in [0.1, 0.15) is 0 Å². The van der Waals surface area contributed by atoms with Gasteiger partial charge in [-0.3, -0.25) is 0 Å². The first-order chi connectivity index (χ1) is 9.16. The molecule has 0 aromatic heterocycles. The number of hydroxylamine groups is 1. The Kier molecular flexibility index (Phi) is 3.93. The standard InChI is InChI=1S/C15H13NO3/c17-15(18)14-9-5-4-8-13(14)11-16(19)10-12-6-2-1-3-7-12/h1-9,11H,10H2,(H,17,18). The second-order valence-electron chi connectivity index (χ2n) is 4.08. The molecule has 0 bridgehead atoms. The van der Waals surface area contributed by atoms with Crippen molar-refractivity contribution in [1.82, 2.24) is 0 Å². The molecule has 0 aliphatic heterocycles. The van der Waals surface area contributed by atoms with Crippen LogP contribution in [-0.4, -0.2) is 22.0 Å². The van der Waals surface area contributed by atoms with Crippen LogP contribution < -0.4 is 0 Å². The minimum absolute atomic E-state index is 0.122. The average molecular weight is 255 g/mol. The summed E-state index contributed by atoms with van der Waals surface area (Å²) in [6, 6.07) is 15.7. The highest BCUT2D eigenvalue weighted by Gasteiger charge is 2.09. The van der Waals surface area contributed by atoms with Crippen molar-refractivity contribution in [3.8, 4) is 0 Å². The molecule has 0 radical (unpaired) electrons. The number of aromatic carboxylic acids is 1. The Morgan fingerprint density at radius 2 is 1.74 bits per heavy atom. The predicted octanol–water partition coefficient (Wildman–Crippen LogP) is 2.51. The van der Waals surface area contributed by atoms with Gasteiger partial charge >= 0.3 is 5.97 Å². The lowest BCUT2D eigenvalue weighted by Crippen LogP contribution is -2.09. The highest BCUT2D eigenvalue weighted by molar-refractivity contribution is 5.97. The van der Waals surface area contributed by atoms with Crippen LogP contribution in [0.1, 0.15) is 21.5 Å². The molecule has 1 N–H and O–H groups in total. The number of carboxylic acid groups (broad SMARTS) is 1. The van der Waals surface area contributed by atoms with E-state index in [2.05, 4.69) is 0 Å². The Morgan fingerprint density at radius 3 is 2.42 bits per heavy atom. The summed E-state index contributed by atoms with van der Waals surface area (Å²) < 4.78 is 0.733. The van der Waals surface area contributed by atoms with Gasteiger partial charge < -0.3 is 10.3 Å². The fraction of sp³-hybridized carbons (Fsp3) is 0.0667. The van der Waals surface area contributed by atoms with Crippen molar-refractivity contribution in [2.24, 2.45) is 0 Å². The summed E-state index contributed by atoms with van der Waals surface area (Å²) in [5.74, 6) is -1.04. The third-order valence-corrected chi connectivity index (χ3v) is 2.66. The van der Waals surface area contributed by atoms with E-state index >= 15 is 0 Å². The van der Waals surface area contributed by atoms with E-state index in [4.69, 9.17) is 5.11 Å². The van der Waals surface area contributed by atoms with Crippen molar-refractivity contribution in [2.45, 2.75) is 6.54 Å². The maximum atomic E-state index is 11.8. The molecule has 0 aliphatic carbocycles. The smallest absolute Gasteiger partial charge is 0.336 e. The van der Waals surface area contributed by atoms with Crippen LogP contribution in [0.5, 0.6) is 0 Å². The number of carboxylic acids is 1. The molecule has 2 aromatic rings. The molecule has 0 fully saturated rings. The summed E-state index contributed by atoms with van der Waals surface area (Å²) in [7, 11) is 0. The summed E-state index contributed by atoms with van der Waals surface area (Å²) in [6.07, 6.45) is 1.30. The van der Waals surface area contributed by atoms with E-state index in [1.165, 1.54) is 12.3 Å². The van der Waals surface area contributed by atoms with E-state index < -0.39 is 5.97 Å². The van der Waals surface area contributed by atoms with E-state index in [1.54, 1.807) is 18.2 Å². The highest BCUT2D eigenvalue weighted by Crippen LogP contribution is 2.07. The number of nitrogens with zero attached hydrogens (tertiary/aromatic N) is 1. The third kappa shape index (κ3) is 3.42. The quantitative estimate of drug-likeness (QED) is 0.395. The van der Waals surface area contributed by atoms with Gasteiger partial charge in [-0.15, -0.1) is 0 Å². The zero-order valence-corrected chi connectivity index (χ0v) is 10.2. The Hall–Kier alpha value is -2.62. The van der Waals surface area contributed by atoms with Crippen LogP contribution in [0.15, 0.2) is 54.6 Å². The summed E-state index contributed by atoms with van der Waals surface area (Å²) in [5, 5.41) is 20.9. The van der Waals surface area contributed by atoms with Gasteiger partial charge in [0.25, 0.3) is 0 Å². The van der Waals surface area contributed by atoms with Crippen molar-refractivity contribution in [2.75, 3.05) is 0 Å². The van der Waals surface area contributed by atoms with Crippen molar-refractivity contribution in [3.05, 3.63) is 76.5 Å². The second kappa shape index (κ2) is 5.82. The van der Waals surface area contributed by atoms with Crippen LogP contribution in [0.4, 0.5) is 0 Å². The SMILES string of the molecule is O=C(O)c1ccccc1C=[N+]([O-])Cc1ccccc1. The maximum absolute atomic E-state index is 11.8. The fourth-order valence-corrected chi connectivity index (χ4v) is 1.77. The van der Waals surface area contributed by atoms with Gasteiger partial charge in [0, 0.05) is 5.56 Å². The Balaban J connectivity index is 2.24. The van der Waals surface area contributed by atoms with Crippen LogP contribution in [0.25, 0.3) is 0 Å². The Morgan fingerprint density at radius 1 is 1.11 bits per heavy atom. The second-order valence-corrected chi connectivity index (χ2v) is 4.08. The molecule has 0 aliphatic rings. The number of hydrogen-bond donors (Lipinski definition) is 1. The van der Waals surface area contributed by atoms with E-state index in [-0.39, 0.29) is 12.1 Å². The predicted molar refractivity (Wildman–Crippen MR) is 72.3 cm³/mol. The van der Waals surface area contributed by atoms with Crippen LogP contribution in [0, 0.1) is 5.21 Å². The fourth-order valence-electron chi connectivity index (χ4n) is 1.77. The summed E-state index contributed by atoms with van der Waals surface area (Å²) >= 11 is 0. The van der Waals surface area contributed by atoms with E-state index in [0.29, 0.717) is 5.56 Å². The first kappa shape index (κ1) is 12.8. The van der Waals surface area contributed by atoms with Crippen LogP contribution >= 0.6 is 0 Å². The van der Waals surface area contributed by atoms with Crippen molar-refractivity contribution in [1.29, 1.82) is 0 Å². The van der Waals surface area contributed by atoms with Crippen molar-refractivity contribution >= 4 is 12.2 Å². The molecule has 2 aromatic carbocycles. The largest absolute Gasteiger partial charge is 0.624 e. The molecule has 96 valence electrons. The minimum atomic E-state index is -1.04. The monoisotopic (exact) mass is 255 g/mol. The average Bonchev–Trinajstić information content (AvgIpc) is 2.40. The maximum Gasteiger partial charge on any atom is 0.336 e. The summed E-state index contributed by atoms with van der Waals surface area (Å²) in [4.78, 5) is 11.0. The van der Waals surface area contributed by atoms with Gasteiger partial charge in [-0.05, 0) is 12.1 Å². The van der Waals surface area contributed by atoms with Gasteiger partial charge in [0.15, 0.2) is 12.8 Å². The molecule has 0 amide bonds. The molecular weight excluding hydrogens is 242 g/mol. The van der Waals surface area contributed by atoms with E-state index in [1.807, 2.05) is 30.3 Å². The topological polar surface area (TPSA) is 63.4 Å². The number of hydrogen-bond acceptors (Lipinski definition) is 2. The first-order valence-electron chi connectivity index (χ1n) is 5.81. The molecule has 0 atom stereocenters. The lowest BCUT2D eigenvalue weighted by Gasteiger charge is -2.05. The van der Waals surface area contributed by atoms with Gasteiger partial charge in [-0.1, -0.05) is 42.5 Å². The summed E-state index contributed by atoms with van der Waals surface area (Å²) in [5.41, 5.74) is 1.40.